The van der Waals surface area contributed by atoms with Gasteiger partial charge in [0.05, 0.1) is 11.4 Å². The first-order valence-corrected chi connectivity index (χ1v) is 9.12. The van der Waals surface area contributed by atoms with Crippen LogP contribution in [0.25, 0.3) is 10.1 Å². The smallest absolute Gasteiger partial charge is 0.271 e. The normalized spacial score (nSPS) is 11.7. The van der Waals surface area contributed by atoms with Gasteiger partial charge in [0, 0.05) is 9.72 Å². The van der Waals surface area contributed by atoms with E-state index in [-0.39, 0.29) is 4.21 Å². The Morgan fingerprint density at radius 3 is 2.64 bits per heavy atom. The predicted molar refractivity (Wildman–Crippen MR) is 93.2 cm³/mol. The first-order chi connectivity index (χ1) is 10.4. The highest BCUT2D eigenvalue weighted by Gasteiger charge is 2.22. The minimum absolute atomic E-state index is 0.271. The molecule has 0 aliphatic rings. The molecule has 0 spiro atoms. The molecule has 1 heterocycles. The molecule has 114 valence electrons. The lowest BCUT2D eigenvalue weighted by molar-refractivity contribution is 0.603. The van der Waals surface area contributed by atoms with Crippen LogP contribution >= 0.6 is 22.9 Å². The summed E-state index contributed by atoms with van der Waals surface area (Å²) in [7, 11) is -3.70. The monoisotopic (exact) mass is 352 g/mol. The highest BCUT2D eigenvalue weighted by molar-refractivity contribution is 7.95. The lowest BCUT2D eigenvalue weighted by atomic mass is 10.2. The van der Waals surface area contributed by atoms with Gasteiger partial charge in [0.2, 0.25) is 0 Å². The van der Waals surface area contributed by atoms with Crippen LogP contribution in [0.3, 0.4) is 0 Å². The SMILES string of the molecule is Cc1c(S(=O)(=O)Nc2ccccc2N)sc2ccc(Cl)cc12. The number of hydrogen-bond donors (Lipinski definition) is 2. The van der Waals surface area contributed by atoms with Gasteiger partial charge in [-0.2, -0.15) is 0 Å². The van der Waals surface area contributed by atoms with E-state index in [4.69, 9.17) is 17.3 Å². The van der Waals surface area contributed by atoms with Crippen molar-refractivity contribution in [3.8, 4) is 0 Å². The Morgan fingerprint density at radius 2 is 1.91 bits per heavy atom. The average Bonchev–Trinajstić information content (AvgIpc) is 2.79. The van der Waals surface area contributed by atoms with Crippen molar-refractivity contribution in [3.63, 3.8) is 0 Å². The maximum Gasteiger partial charge on any atom is 0.271 e. The summed E-state index contributed by atoms with van der Waals surface area (Å²) in [6.07, 6.45) is 0. The molecule has 0 unspecified atom stereocenters. The summed E-state index contributed by atoms with van der Waals surface area (Å²) in [6.45, 7) is 1.78. The van der Waals surface area contributed by atoms with Gasteiger partial charge in [-0.3, -0.25) is 4.72 Å². The van der Waals surface area contributed by atoms with Crippen molar-refractivity contribution >= 4 is 54.4 Å². The van der Waals surface area contributed by atoms with E-state index in [9.17, 15) is 8.42 Å². The molecule has 0 saturated carbocycles. The number of nitrogens with two attached hydrogens (primary N) is 1. The zero-order valence-corrected chi connectivity index (χ0v) is 14.0. The number of nitrogen functional groups attached to an aromatic ring is 1. The third kappa shape index (κ3) is 2.65. The minimum atomic E-state index is -3.70. The second kappa shape index (κ2) is 5.46. The molecule has 2 aromatic carbocycles. The van der Waals surface area contributed by atoms with Crippen molar-refractivity contribution in [2.24, 2.45) is 0 Å². The first kappa shape index (κ1) is 15.1. The molecule has 22 heavy (non-hydrogen) atoms. The lowest BCUT2D eigenvalue weighted by Gasteiger charge is -2.09. The summed E-state index contributed by atoms with van der Waals surface area (Å²) in [5.74, 6) is 0. The third-order valence-electron chi connectivity index (χ3n) is 3.30. The number of sulfonamides is 1. The molecule has 0 aliphatic heterocycles. The quantitative estimate of drug-likeness (QED) is 0.692. The highest BCUT2D eigenvalue weighted by Crippen LogP contribution is 2.36. The van der Waals surface area contributed by atoms with Gasteiger partial charge in [-0.05, 0) is 48.2 Å². The molecule has 0 radical (unpaired) electrons. The molecular formula is C15H13ClN2O2S2. The van der Waals surface area contributed by atoms with E-state index in [0.29, 0.717) is 22.0 Å². The van der Waals surface area contributed by atoms with Gasteiger partial charge in [-0.1, -0.05) is 23.7 Å². The summed E-state index contributed by atoms with van der Waals surface area (Å²) in [4.78, 5) is 0. The average molecular weight is 353 g/mol. The van der Waals surface area contributed by atoms with E-state index < -0.39 is 10.0 Å². The second-order valence-electron chi connectivity index (χ2n) is 4.85. The Morgan fingerprint density at radius 1 is 1.18 bits per heavy atom. The van der Waals surface area contributed by atoms with E-state index in [1.54, 1.807) is 43.3 Å². The van der Waals surface area contributed by atoms with Crippen molar-refractivity contribution in [1.82, 2.24) is 0 Å². The van der Waals surface area contributed by atoms with Gasteiger partial charge < -0.3 is 5.73 Å². The Labute approximate surface area is 137 Å². The Kier molecular flexibility index (Phi) is 3.76. The Hall–Kier alpha value is -1.76. The van der Waals surface area contributed by atoms with Gasteiger partial charge in [-0.15, -0.1) is 11.3 Å². The van der Waals surface area contributed by atoms with Crippen LogP contribution in [0, 0.1) is 6.92 Å². The van der Waals surface area contributed by atoms with Crippen LogP contribution in [0.5, 0.6) is 0 Å². The second-order valence-corrected chi connectivity index (χ2v) is 8.21. The molecule has 0 amide bonds. The molecule has 3 N–H and O–H groups in total. The van der Waals surface area contributed by atoms with Crippen LogP contribution in [-0.4, -0.2) is 8.42 Å². The number of rotatable bonds is 3. The zero-order chi connectivity index (χ0) is 15.9. The van der Waals surface area contributed by atoms with Gasteiger partial charge in [0.1, 0.15) is 4.21 Å². The van der Waals surface area contributed by atoms with E-state index in [1.165, 1.54) is 11.3 Å². The number of anilines is 2. The van der Waals surface area contributed by atoms with E-state index in [1.807, 2.05) is 6.07 Å². The molecule has 4 nitrogen and oxygen atoms in total. The summed E-state index contributed by atoms with van der Waals surface area (Å²) >= 11 is 7.20. The van der Waals surface area contributed by atoms with Crippen LogP contribution in [0.2, 0.25) is 5.02 Å². The maximum absolute atomic E-state index is 12.6. The number of halogens is 1. The number of thiophene rings is 1. The summed E-state index contributed by atoms with van der Waals surface area (Å²) < 4.78 is 29.0. The van der Waals surface area contributed by atoms with E-state index in [0.717, 1.165) is 10.1 Å². The lowest BCUT2D eigenvalue weighted by Crippen LogP contribution is -2.13. The van der Waals surface area contributed by atoms with Crippen LogP contribution in [0.4, 0.5) is 11.4 Å². The number of para-hydroxylation sites is 2. The molecule has 7 heteroatoms. The predicted octanol–water partition coefficient (Wildman–Crippen LogP) is 4.25. The molecular weight excluding hydrogens is 340 g/mol. The molecule has 0 fully saturated rings. The van der Waals surface area contributed by atoms with Gasteiger partial charge >= 0.3 is 0 Å². The molecule has 3 aromatic rings. The van der Waals surface area contributed by atoms with Crippen LogP contribution in [0.15, 0.2) is 46.7 Å². The van der Waals surface area contributed by atoms with Gasteiger partial charge in [0.15, 0.2) is 0 Å². The first-order valence-electron chi connectivity index (χ1n) is 6.44. The topological polar surface area (TPSA) is 72.2 Å². The summed E-state index contributed by atoms with van der Waals surface area (Å²) in [6, 6.07) is 12.1. The fourth-order valence-corrected chi connectivity index (χ4v) is 5.22. The van der Waals surface area contributed by atoms with Crippen molar-refractivity contribution in [3.05, 3.63) is 53.1 Å². The number of aryl methyl sites for hydroxylation is 1. The summed E-state index contributed by atoms with van der Waals surface area (Å²) in [5, 5.41) is 1.43. The minimum Gasteiger partial charge on any atom is -0.397 e. The number of benzene rings is 2. The number of fused-ring (bicyclic) bond motifs is 1. The van der Waals surface area contributed by atoms with Crippen LogP contribution in [0.1, 0.15) is 5.56 Å². The summed E-state index contributed by atoms with van der Waals surface area (Å²) in [5.41, 5.74) is 7.24. The van der Waals surface area contributed by atoms with E-state index >= 15 is 0 Å². The molecule has 3 rings (SSSR count). The molecule has 0 saturated heterocycles. The van der Waals surface area contributed by atoms with Crippen LogP contribution in [-0.2, 0) is 10.0 Å². The fourth-order valence-electron chi connectivity index (χ4n) is 2.21. The standard InChI is InChI=1S/C15H13ClN2O2S2/c1-9-11-8-10(16)6-7-14(11)21-15(9)22(19,20)18-13-5-3-2-4-12(13)17/h2-8,18H,17H2,1H3. The van der Waals surface area contributed by atoms with E-state index in [2.05, 4.69) is 4.72 Å². The molecule has 0 aliphatic carbocycles. The van der Waals surface area contributed by atoms with Crippen molar-refractivity contribution in [2.45, 2.75) is 11.1 Å². The molecule has 1 aromatic heterocycles. The van der Waals surface area contributed by atoms with Gasteiger partial charge in [-0.25, -0.2) is 8.42 Å². The highest BCUT2D eigenvalue weighted by atomic mass is 35.5. The number of hydrogen-bond acceptors (Lipinski definition) is 4. The largest absolute Gasteiger partial charge is 0.397 e. The molecule has 0 atom stereocenters. The van der Waals surface area contributed by atoms with Gasteiger partial charge in [0.25, 0.3) is 10.0 Å². The maximum atomic E-state index is 12.6. The zero-order valence-electron chi connectivity index (χ0n) is 11.6. The van der Waals surface area contributed by atoms with Crippen molar-refractivity contribution in [2.75, 3.05) is 10.5 Å². The third-order valence-corrected chi connectivity index (χ3v) is 6.80. The Bertz CT molecular complexity index is 965. The van der Waals surface area contributed by atoms with Crippen molar-refractivity contribution in [1.29, 1.82) is 0 Å². The fraction of sp³-hybridized carbons (Fsp3) is 0.0667. The molecule has 0 bridgehead atoms. The van der Waals surface area contributed by atoms with Crippen LogP contribution < -0.4 is 10.5 Å². The van der Waals surface area contributed by atoms with Crippen molar-refractivity contribution < 1.29 is 8.42 Å². The Balaban J connectivity index is 2.10. The number of nitrogens with one attached hydrogen (secondary N) is 1.